The van der Waals surface area contributed by atoms with Gasteiger partial charge in [-0.25, -0.2) is 4.98 Å². The molecule has 8 nitrogen and oxygen atoms in total. The Hall–Kier alpha value is -3.07. The Kier molecular flexibility index (Phi) is 5.08. The molecule has 1 heterocycles. The summed E-state index contributed by atoms with van der Waals surface area (Å²) in [7, 11) is 1.43. The number of benzene rings is 2. The number of rotatable bonds is 6. The first-order valence-corrected chi connectivity index (χ1v) is 8.60. The number of fused-ring (bicyclic) bond motifs is 1. The minimum Gasteiger partial charge on any atom is -0.495 e. The molecule has 0 saturated carbocycles. The average Bonchev–Trinajstić information content (AvgIpc) is 3.03. The number of nitro benzene ring substituents is 1. The molecule has 9 heteroatoms. The first-order chi connectivity index (χ1) is 12.5. The first-order valence-electron chi connectivity index (χ1n) is 7.72. The van der Waals surface area contributed by atoms with Crippen LogP contribution in [-0.4, -0.2) is 33.2 Å². The summed E-state index contributed by atoms with van der Waals surface area (Å²) in [5, 5.41) is 13.8. The molecule has 0 radical (unpaired) electrons. The normalized spacial score (nSPS) is 11.9. The number of ether oxygens (including phenoxy) is 1. The monoisotopic (exact) mass is 372 g/mol. The van der Waals surface area contributed by atoms with Gasteiger partial charge in [-0.1, -0.05) is 23.9 Å². The van der Waals surface area contributed by atoms with Crippen LogP contribution in [0, 0.1) is 10.1 Å². The Morgan fingerprint density at radius 3 is 2.81 bits per heavy atom. The lowest BCUT2D eigenvalue weighted by Gasteiger charge is -2.13. The summed E-state index contributed by atoms with van der Waals surface area (Å²) in [5.41, 5.74) is 1.84. The average molecular weight is 372 g/mol. The van der Waals surface area contributed by atoms with E-state index >= 15 is 0 Å². The number of methoxy groups -OCH3 is 1. The fourth-order valence-electron chi connectivity index (χ4n) is 2.35. The molecule has 0 aliphatic rings. The second-order valence-corrected chi connectivity index (χ2v) is 6.78. The number of nitrogens with one attached hydrogen (secondary N) is 2. The van der Waals surface area contributed by atoms with Crippen molar-refractivity contribution >= 4 is 40.1 Å². The molecular weight excluding hydrogens is 356 g/mol. The quantitative estimate of drug-likeness (QED) is 0.389. The Bertz CT molecular complexity index is 939. The van der Waals surface area contributed by atoms with Gasteiger partial charge in [0.1, 0.15) is 5.75 Å². The van der Waals surface area contributed by atoms with Crippen LogP contribution in [0.2, 0.25) is 0 Å². The van der Waals surface area contributed by atoms with Crippen molar-refractivity contribution in [2.24, 2.45) is 0 Å². The predicted octanol–water partition coefficient (Wildman–Crippen LogP) is 3.60. The van der Waals surface area contributed by atoms with Gasteiger partial charge in [-0.15, -0.1) is 0 Å². The number of nitro groups is 1. The van der Waals surface area contributed by atoms with Crippen molar-refractivity contribution in [3.05, 3.63) is 52.6 Å². The van der Waals surface area contributed by atoms with Crippen molar-refractivity contribution in [1.29, 1.82) is 0 Å². The highest BCUT2D eigenvalue weighted by atomic mass is 32.2. The fourth-order valence-corrected chi connectivity index (χ4v) is 3.17. The number of hydrogen-bond acceptors (Lipinski definition) is 6. The molecule has 1 amide bonds. The zero-order valence-corrected chi connectivity index (χ0v) is 14.9. The van der Waals surface area contributed by atoms with Crippen LogP contribution >= 0.6 is 11.8 Å². The third-order valence-corrected chi connectivity index (χ3v) is 4.66. The molecule has 1 aromatic heterocycles. The van der Waals surface area contributed by atoms with Crippen molar-refractivity contribution in [2.75, 3.05) is 12.4 Å². The number of aromatic amines is 1. The summed E-state index contributed by atoms with van der Waals surface area (Å²) in [6.45, 7) is 1.73. The molecule has 0 fully saturated rings. The molecule has 2 N–H and O–H groups in total. The van der Waals surface area contributed by atoms with Crippen LogP contribution in [0.25, 0.3) is 11.0 Å². The molecule has 1 atom stereocenters. The highest BCUT2D eigenvalue weighted by Gasteiger charge is 2.20. The van der Waals surface area contributed by atoms with Crippen LogP contribution in [0.5, 0.6) is 5.75 Å². The van der Waals surface area contributed by atoms with Crippen LogP contribution in [0.15, 0.2) is 47.6 Å². The number of amides is 1. The lowest BCUT2D eigenvalue weighted by atomic mass is 10.2. The zero-order valence-electron chi connectivity index (χ0n) is 14.1. The van der Waals surface area contributed by atoms with E-state index in [1.807, 2.05) is 24.3 Å². The number of hydrogen-bond donors (Lipinski definition) is 2. The van der Waals surface area contributed by atoms with E-state index in [4.69, 9.17) is 4.74 Å². The number of carbonyl (C=O) groups excluding carboxylic acids is 1. The van der Waals surface area contributed by atoms with E-state index in [0.717, 1.165) is 11.0 Å². The van der Waals surface area contributed by atoms with Gasteiger partial charge in [-0.3, -0.25) is 14.9 Å². The van der Waals surface area contributed by atoms with Gasteiger partial charge in [0.15, 0.2) is 5.16 Å². The number of aromatic nitrogens is 2. The smallest absolute Gasteiger partial charge is 0.271 e. The number of nitrogens with zero attached hydrogens (tertiary/aromatic N) is 2. The van der Waals surface area contributed by atoms with Crippen molar-refractivity contribution in [2.45, 2.75) is 17.3 Å². The molecule has 3 aromatic rings. The minimum absolute atomic E-state index is 0.126. The van der Waals surface area contributed by atoms with E-state index < -0.39 is 10.2 Å². The number of carbonyl (C=O) groups is 1. The number of non-ortho nitro benzene ring substituents is 1. The van der Waals surface area contributed by atoms with Gasteiger partial charge in [0.25, 0.3) is 5.69 Å². The van der Waals surface area contributed by atoms with E-state index in [2.05, 4.69) is 15.3 Å². The van der Waals surface area contributed by atoms with Crippen molar-refractivity contribution in [1.82, 2.24) is 9.97 Å². The molecule has 0 saturated heterocycles. The van der Waals surface area contributed by atoms with Gasteiger partial charge < -0.3 is 15.0 Å². The van der Waals surface area contributed by atoms with Gasteiger partial charge in [-0.2, -0.15) is 0 Å². The van der Waals surface area contributed by atoms with Crippen molar-refractivity contribution in [3.8, 4) is 5.75 Å². The van der Waals surface area contributed by atoms with Gasteiger partial charge >= 0.3 is 0 Å². The van der Waals surface area contributed by atoms with E-state index in [0.29, 0.717) is 10.9 Å². The number of anilines is 1. The summed E-state index contributed by atoms with van der Waals surface area (Å²) in [6.07, 6.45) is 0. The van der Waals surface area contributed by atoms with E-state index in [9.17, 15) is 14.9 Å². The van der Waals surface area contributed by atoms with E-state index in [1.165, 1.54) is 37.1 Å². The van der Waals surface area contributed by atoms with Crippen LogP contribution in [0.1, 0.15) is 6.92 Å². The van der Waals surface area contributed by atoms with Gasteiger partial charge in [-0.05, 0) is 25.1 Å². The Morgan fingerprint density at radius 2 is 2.12 bits per heavy atom. The maximum Gasteiger partial charge on any atom is 0.271 e. The highest BCUT2D eigenvalue weighted by molar-refractivity contribution is 8.00. The summed E-state index contributed by atoms with van der Waals surface area (Å²) in [6, 6.07) is 11.6. The second kappa shape index (κ2) is 7.44. The number of thioether (sulfide) groups is 1. The summed E-state index contributed by atoms with van der Waals surface area (Å²) >= 11 is 1.27. The largest absolute Gasteiger partial charge is 0.495 e. The molecule has 0 bridgehead atoms. The van der Waals surface area contributed by atoms with E-state index in [-0.39, 0.29) is 17.3 Å². The molecule has 0 spiro atoms. The van der Waals surface area contributed by atoms with Crippen LogP contribution < -0.4 is 10.1 Å². The highest BCUT2D eigenvalue weighted by Crippen LogP contribution is 2.30. The van der Waals surface area contributed by atoms with Crippen molar-refractivity contribution < 1.29 is 14.5 Å². The molecule has 2 aromatic carbocycles. The zero-order chi connectivity index (χ0) is 18.7. The van der Waals surface area contributed by atoms with Gasteiger partial charge in [0.2, 0.25) is 5.91 Å². The second-order valence-electron chi connectivity index (χ2n) is 5.45. The summed E-state index contributed by atoms with van der Waals surface area (Å²) < 4.78 is 5.16. The predicted molar refractivity (Wildman–Crippen MR) is 99.7 cm³/mol. The SMILES string of the molecule is COc1ccc([N+](=O)[O-])cc1NC(=O)[C@@H](C)Sc1nc2ccccc2[nH]1. The Morgan fingerprint density at radius 1 is 1.35 bits per heavy atom. The van der Waals surface area contributed by atoms with Crippen molar-refractivity contribution in [3.63, 3.8) is 0 Å². The third-order valence-electron chi connectivity index (χ3n) is 3.68. The van der Waals surface area contributed by atoms with Crippen LogP contribution in [-0.2, 0) is 4.79 Å². The number of H-pyrrole nitrogens is 1. The molecule has 0 aliphatic heterocycles. The number of imidazole rings is 1. The molecule has 0 aliphatic carbocycles. The lowest BCUT2D eigenvalue weighted by molar-refractivity contribution is -0.384. The first kappa shape index (κ1) is 17.7. The van der Waals surface area contributed by atoms with E-state index in [1.54, 1.807) is 6.92 Å². The Labute approximate surface area is 153 Å². The fraction of sp³-hybridized carbons (Fsp3) is 0.176. The Balaban J connectivity index is 1.74. The summed E-state index contributed by atoms with van der Waals surface area (Å²) in [4.78, 5) is 30.5. The molecule has 134 valence electrons. The van der Waals surface area contributed by atoms with Gasteiger partial charge in [0, 0.05) is 12.1 Å². The maximum atomic E-state index is 12.5. The lowest BCUT2D eigenvalue weighted by Crippen LogP contribution is -2.22. The minimum atomic E-state index is -0.526. The summed E-state index contributed by atoms with van der Waals surface area (Å²) in [5.74, 6) is 0.0409. The van der Waals surface area contributed by atoms with Gasteiger partial charge in [0.05, 0.1) is 34.0 Å². The molecule has 3 rings (SSSR count). The van der Waals surface area contributed by atoms with Crippen LogP contribution in [0.3, 0.4) is 0 Å². The standard InChI is InChI=1S/C17H16N4O4S/c1-10(26-17-19-12-5-3-4-6-13(12)20-17)16(22)18-14-9-11(21(23)24)7-8-15(14)25-2/h3-10H,1-2H3,(H,18,22)(H,19,20)/t10-/m1/s1. The van der Waals surface area contributed by atoms with Crippen LogP contribution in [0.4, 0.5) is 11.4 Å². The maximum absolute atomic E-state index is 12.5. The molecular formula is C17H16N4O4S. The topological polar surface area (TPSA) is 110 Å². The third kappa shape index (κ3) is 3.77. The molecule has 0 unspecified atom stereocenters. The number of para-hydroxylation sites is 2. The molecule has 26 heavy (non-hydrogen) atoms.